The summed E-state index contributed by atoms with van der Waals surface area (Å²) in [7, 11) is 0. The summed E-state index contributed by atoms with van der Waals surface area (Å²) < 4.78 is 24.4. The van der Waals surface area contributed by atoms with E-state index in [2.05, 4.69) is 20.9 Å². The summed E-state index contributed by atoms with van der Waals surface area (Å²) >= 11 is 2.78. The van der Waals surface area contributed by atoms with Crippen LogP contribution in [0.25, 0.3) is 0 Å². The molecule has 0 radical (unpaired) electrons. The Hall–Kier alpha value is -1.11. The zero-order valence-electron chi connectivity index (χ0n) is 6.08. The third-order valence-corrected chi connectivity index (χ3v) is 1.90. The van der Waals surface area contributed by atoms with Crippen LogP contribution in [0, 0.1) is 10.1 Å². The Morgan fingerprint density at radius 1 is 1.54 bits per heavy atom. The second-order valence-electron chi connectivity index (χ2n) is 2.12. The van der Waals surface area contributed by atoms with Gasteiger partial charge in [0.15, 0.2) is 0 Å². The van der Waals surface area contributed by atoms with Gasteiger partial charge in [-0.2, -0.15) is 0 Å². The van der Waals surface area contributed by atoms with Crippen LogP contribution in [0.4, 0.5) is 14.5 Å². The molecule has 1 rings (SSSR count). The highest BCUT2D eigenvalue weighted by atomic mass is 79.9. The van der Waals surface area contributed by atoms with Gasteiger partial charge < -0.3 is 0 Å². The minimum absolute atomic E-state index is 0.0460. The summed E-state index contributed by atoms with van der Waals surface area (Å²) in [6, 6.07) is 0. The molecule has 1 heterocycles. The highest BCUT2D eigenvalue weighted by Crippen LogP contribution is 2.33. The first kappa shape index (κ1) is 9.97. The fourth-order valence-electron chi connectivity index (χ4n) is 0.795. The molecule has 0 amide bonds. The van der Waals surface area contributed by atoms with Crippen molar-refractivity contribution in [3.63, 3.8) is 0 Å². The normalized spacial score (nSPS) is 10.5. The smallest absolute Gasteiger partial charge is 0.263 e. The lowest BCUT2D eigenvalue weighted by molar-refractivity contribution is -0.387. The summed E-state index contributed by atoms with van der Waals surface area (Å²) in [5, 5.41) is 10.4. The molecule has 13 heavy (non-hydrogen) atoms. The largest absolute Gasteiger partial charge is 0.295 e. The van der Waals surface area contributed by atoms with Crippen molar-refractivity contribution in [1.29, 1.82) is 0 Å². The van der Waals surface area contributed by atoms with Crippen molar-refractivity contribution in [2.45, 2.75) is 6.43 Å². The molecule has 1 aromatic heterocycles. The van der Waals surface area contributed by atoms with E-state index in [1.54, 1.807) is 0 Å². The maximum absolute atomic E-state index is 12.2. The number of hydrogen-bond donors (Lipinski definition) is 0. The predicted octanol–water partition coefficient (Wildman–Crippen LogP) is 2.69. The number of alkyl halides is 2. The molecule has 0 saturated heterocycles. The molecule has 70 valence electrons. The molecule has 0 aromatic carbocycles. The first-order valence-electron chi connectivity index (χ1n) is 3.10. The number of nitro groups is 1. The van der Waals surface area contributed by atoms with Gasteiger partial charge in [-0.05, 0) is 15.9 Å². The van der Waals surface area contributed by atoms with Crippen LogP contribution in [0.2, 0.25) is 0 Å². The van der Waals surface area contributed by atoms with E-state index in [4.69, 9.17) is 0 Å². The lowest BCUT2D eigenvalue weighted by atomic mass is 10.2. The number of aromatic nitrogens is 1. The fraction of sp³-hybridized carbons (Fsp3) is 0.167. The monoisotopic (exact) mass is 252 g/mol. The van der Waals surface area contributed by atoms with Crippen molar-refractivity contribution >= 4 is 21.6 Å². The quantitative estimate of drug-likeness (QED) is 0.601. The second kappa shape index (κ2) is 3.73. The van der Waals surface area contributed by atoms with E-state index in [0.29, 0.717) is 0 Å². The Bertz CT molecular complexity index is 345. The summed E-state index contributed by atoms with van der Waals surface area (Å²) in [5.41, 5.74) is -1.32. The van der Waals surface area contributed by atoms with Gasteiger partial charge >= 0.3 is 0 Å². The van der Waals surface area contributed by atoms with E-state index in [-0.39, 0.29) is 4.47 Å². The van der Waals surface area contributed by atoms with Gasteiger partial charge in [-0.1, -0.05) is 0 Å². The summed E-state index contributed by atoms with van der Waals surface area (Å²) in [6.45, 7) is 0. The first-order chi connectivity index (χ1) is 6.04. The van der Waals surface area contributed by atoms with Gasteiger partial charge in [-0.3, -0.25) is 15.1 Å². The molecule has 0 bridgehead atoms. The van der Waals surface area contributed by atoms with Crippen LogP contribution in [-0.2, 0) is 0 Å². The molecule has 0 spiro atoms. The number of hydrogen-bond acceptors (Lipinski definition) is 3. The van der Waals surface area contributed by atoms with Gasteiger partial charge in [0.1, 0.15) is 10.0 Å². The summed E-state index contributed by atoms with van der Waals surface area (Å²) in [4.78, 5) is 12.9. The average Bonchev–Trinajstić information content (AvgIpc) is 2.02. The third kappa shape index (κ3) is 1.97. The maximum Gasteiger partial charge on any atom is 0.295 e. The van der Waals surface area contributed by atoms with Gasteiger partial charge in [-0.25, -0.2) is 8.78 Å². The first-order valence-corrected chi connectivity index (χ1v) is 3.89. The van der Waals surface area contributed by atoms with Gasteiger partial charge in [0.2, 0.25) is 0 Å². The number of pyridine rings is 1. The van der Waals surface area contributed by atoms with E-state index in [1.807, 2.05) is 0 Å². The molecule has 0 aliphatic heterocycles. The van der Waals surface area contributed by atoms with E-state index < -0.39 is 22.6 Å². The Morgan fingerprint density at radius 3 is 2.54 bits per heavy atom. The van der Waals surface area contributed by atoms with Crippen LogP contribution in [0.5, 0.6) is 0 Å². The van der Waals surface area contributed by atoms with Crippen molar-refractivity contribution in [2.24, 2.45) is 0 Å². The average molecular weight is 253 g/mol. The van der Waals surface area contributed by atoms with Gasteiger partial charge in [0, 0.05) is 12.4 Å². The van der Waals surface area contributed by atoms with Gasteiger partial charge in [0.05, 0.1) is 4.92 Å². The molecule has 0 aliphatic rings. The third-order valence-electron chi connectivity index (χ3n) is 1.32. The topological polar surface area (TPSA) is 56.0 Å². The Labute approximate surface area is 79.9 Å². The molecular formula is C6H3BrF2N2O2. The second-order valence-corrected chi connectivity index (χ2v) is 2.97. The Balaban J connectivity index is 3.34. The van der Waals surface area contributed by atoms with E-state index in [0.717, 1.165) is 12.4 Å². The number of halogens is 3. The van der Waals surface area contributed by atoms with Crippen molar-refractivity contribution in [3.8, 4) is 0 Å². The predicted molar refractivity (Wildman–Crippen MR) is 43.5 cm³/mol. The van der Waals surface area contributed by atoms with Crippen molar-refractivity contribution < 1.29 is 13.7 Å². The van der Waals surface area contributed by atoms with Crippen molar-refractivity contribution in [3.05, 3.63) is 32.5 Å². The van der Waals surface area contributed by atoms with Crippen LogP contribution in [0.1, 0.15) is 12.0 Å². The fourth-order valence-corrected chi connectivity index (χ4v) is 1.29. The Kier molecular flexibility index (Phi) is 2.86. The van der Waals surface area contributed by atoms with Gasteiger partial charge in [0.25, 0.3) is 12.1 Å². The SMILES string of the molecule is O=[N+]([O-])c1c(Br)cncc1C(F)F. The van der Waals surface area contributed by atoms with Crippen LogP contribution in [0.15, 0.2) is 16.9 Å². The molecule has 0 unspecified atom stereocenters. The molecule has 0 saturated carbocycles. The molecule has 0 aliphatic carbocycles. The van der Waals surface area contributed by atoms with Crippen LogP contribution >= 0.6 is 15.9 Å². The van der Waals surface area contributed by atoms with E-state index in [9.17, 15) is 18.9 Å². The van der Waals surface area contributed by atoms with Crippen LogP contribution < -0.4 is 0 Å². The number of nitrogens with zero attached hydrogens (tertiary/aromatic N) is 2. The molecule has 1 aromatic rings. The minimum atomic E-state index is -2.90. The van der Waals surface area contributed by atoms with Crippen LogP contribution in [-0.4, -0.2) is 9.91 Å². The van der Waals surface area contributed by atoms with E-state index in [1.165, 1.54) is 0 Å². The molecule has 4 nitrogen and oxygen atoms in total. The van der Waals surface area contributed by atoms with E-state index >= 15 is 0 Å². The zero-order valence-corrected chi connectivity index (χ0v) is 7.66. The highest BCUT2D eigenvalue weighted by molar-refractivity contribution is 9.10. The minimum Gasteiger partial charge on any atom is -0.263 e. The van der Waals surface area contributed by atoms with Crippen molar-refractivity contribution in [1.82, 2.24) is 4.98 Å². The highest BCUT2D eigenvalue weighted by Gasteiger charge is 2.24. The zero-order chi connectivity index (χ0) is 10.0. The summed E-state index contributed by atoms with van der Waals surface area (Å²) in [5.74, 6) is 0. The Morgan fingerprint density at radius 2 is 2.15 bits per heavy atom. The molecule has 0 N–H and O–H groups in total. The maximum atomic E-state index is 12.2. The standard InChI is InChI=1S/C6H3BrF2N2O2/c7-4-2-10-1-3(6(8)9)5(4)11(12)13/h1-2,6H. The molecule has 7 heteroatoms. The van der Waals surface area contributed by atoms with Crippen molar-refractivity contribution in [2.75, 3.05) is 0 Å². The van der Waals surface area contributed by atoms with Gasteiger partial charge in [-0.15, -0.1) is 0 Å². The summed E-state index contributed by atoms with van der Waals surface area (Å²) in [6.07, 6.45) is -1.01. The lowest BCUT2D eigenvalue weighted by Gasteiger charge is -2.01. The molecular weight excluding hydrogens is 250 g/mol. The molecule has 0 atom stereocenters. The molecule has 0 fully saturated rings. The lowest BCUT2D eigenvalue weighted by Crippen LogP contribution is -1.97. The number of rotatable bonds is 2. The van der Waals surface area contributed by atoms with Crippen LogP contribution in [0.3, 0.4) is 0 Å².